The van der Waals surface area contributed by atoms with E-state index in [1.807, 2.05) is 6.92 Å². The third-order valence-corrected chi connectivity index (χ3v) is 3.54. The van der Waals surface area contributed by atoms with Gasteiger partial charge < -0.3 is 30.8 Å². The Morgan fingerprint density at radius 2 is 1.59 bits per heavy atom. The number of benzene rings is 1. The molecular weight excluding hydrogens is 450 g/mol. The average molecular weight is 477 g/mol. The van der Waals surface area contributed by atoms with E-state index in [4.69, 9.17) is 4.74 Å². The van der Waals surface area contributed by atoms with E-state index in [2.05, 4.69) is 21.3 Å². The fraction of sp³-hybridized carbons (Fsp3) is 0.474. The Bertz CT molecular complexity index is 667. The second-order valence-corrected chi connectivity index (χ2v) is 5.96. The van der Waals surface area contributed by atoms with Gasteiger partial charge in [0.2, 0.25) is 17.7 Å². The zero-order chi connectivity index (χ0) is 20.8. The predicted octanol–water partition coefficient (Wildman–Crippen LogP) is -2.44. The van der Waals surface area contributed by atoms with Crippen LogP contribution in [0.25, 0.3) is 5.32 Å². The number of nitrogens with one attached hydrogen (secondary N) is 3. The third kappa shape index (κ3) is 13.7. The molecule has 1 aromatic rings. The number of carbonyl (C=O) groups is 4. The van der Waals surface area contributed by atoms with Gasteiger partial charge in [0, 0.05) is 26.6 Å². The first kappa shape index (κ1) is 27.9. The Balaban J connectivity index is 0.00000784. The van der Waals surface area contributed by atoms with Crippen LogP contribution in [0.15, 0.2) is 24.3 Å². The molecule has 29 heavy (non-hydrogen) atoms. The van der Waals surface area contributed by atoms with Crippen molar-refractivity contribution in [3.8, 4) is 0 Å². The molecule has 3 N–H and O–H groups in total. The molecule has 0 aliphatic heterocycles. The molecule has 0 aromatic heterocycles. The first-order valence-corrected chi connectivity index (χ1v) is 9.09. The fourth-order valence-corrected chi connectivity index (χ4v) is 2.10. The zero-order valence-corrected chi connectivity index (χ0v) is 22.2. The van der Waals surface area contributed by atoms with Crippen molar-refractivity contribution in [3.05, 3.63) is 35.1 Å². The molecule has 0 heterocycles. The van der Waals surface area contributed by atoms with E-state index >= 15 is 0 Å². The molecule has 154 valence electrons. The maximum absolute atomic E-state index is 11.8. The van der Waals surface area contributed by atoms with Gasteiger partial charge in [0.25, 0.3) is 0 Å². The molecule has 0 saturated carbocycles. The first-order chi connectivity index (χ1) is 13.4. The van der Waals surface area contributed by atoms with Crippen molar-refractivity contribution in [2.24, 2.45) is 0 Å². The molecule has 1 rings (SSSR count). The van der Waals surface area contributed by atoms with Crippen LogP contribution in [0.3, 0.4) is 0 Å². The smallest absolute Gasteiger partial charge is 0.625 e. The quantitative estimate of drug-likeness (QED) is 0.309. The van der Waals surface area contributed by atoms with Crippen molar-refractivity contribution in [2.45, 2.75) is 26.2 Å². The van der Waals surface area contributed by atoms with Gasteiger partial charge in [-0.25, -0.2) is 0 Å². The van der Waals surface area contributed by atoms with E-state index in [0.29, 0.717) is 12.2 Å². The number of nitrogens with zero attached hydrogens (tertiary/aromatic N) is 1. The Kier molecular flexibility index (Phi) is 16.0. The molecule has 0 bridgehead atoms. The molecule has 0 aliphatic rings. The van der Waals surface area contributed by atoms with E-state index in [9.17, 15) is 19.2 Å². The van der Waals surface area contributed by atoms with E-state index in [1.54, 1.807) is 24.3 Å². The van der Waals surface area contributed by atoms with E-state index in [0.717, 1.165) is 12.0 Å². The molecule has 10 heteroatoms. The number of rotatable bonds is 12. The van der Waals surface area contributed by atoms with Gasteiger partial charge >= 0.3 is 58.2 Å². The molecule has 1 aromatic carbocycles. The summed E-state index contributed by atoms with van der Waals surface area (Å²) in [5.41, 5.74) is 1.19. The second kappa shape index (κ2) is 16.6. The summed E-state index contributed by atoms with van der Waals surface area (Å²) in [4.78, 5) is 46.0. The van der Waals surface area contributed by atoms with Gasteiger partial charge in [-0.05, 0) is 12.0 Å². The van der Waals surface area contributed by atoms with Crippen molar-refractivity contribution in [1.29, 1.82) is 0 Å². The summed E-state index contributed by atoms with van der Waals surface area (Å²) >= 11 is 0. The molecule has 9 nitrogen and oxygen atoms in total. The number of ether oxygens (including phenoxy) is 1. The van der Waals surface area contributed by atoms with Crippen LogP contribution in [0.4, 0.5) is 5.69 Å². The van der Waals surface area contributed by atoms with E-state index in [-0.39, 0.29) is 109 Å². The molecular formula is C19H27N4O5Rb. The molecule has 0 fully saturated rings. The summed E-state index contributed by atoms with van der Waals surface area (Å²) in [5, 5.41) is 11.7. The third-order valence-electron chi connectivity index (χ3n) is 3.54. The Labute approximate surface area is 219 Å². The molecule has 0 radical (unpaired) electrons. The zero-order valence-electron chi connectivity index (χ0n) is 17.2. The number of hydrogen-bond acceptors (Lipinski definition) is 5. The summed E-state index contributed by atoms with van der Waals surface area (Å²) < 4.78 is 5.03. The van der Waals surface area contributed by atoms with Crippen LogP contribution in [-0.4, -0.2) is 57.0 Å². The van der Waals surface area contributed by atoms with Crippen molar-refractivity contribution in [3.63, 3.8) is 0 Å². The Morgan fingerprint density at radius 1 is 0.931 bits per heavy atom. The van der Waals surface area contributed by atoms with Gasteiger partial charge in [-0.3, -0.25) is 14.4 Å². The van der Waals surface area contributed by atoms with Crippen molar-refractivity contribution in [2.75, 3.05) is 33.4 Å². The second-order valence-electron chi connectivity index (χ2n) is 5.96. The molecule has 0 saturated heterocycles. The molecule has 0 atom stereocenters. The Hall–Kier alpha value is -1.13. The van der Waals surface area contributed by atoms with Gasteiger partial charge in [0.05, 0.1) is 18.9 Å². The van der Waals surface area contributed by atoms with Crippen LogP contribution in [0.1, 0.15) is 25.3 Å². The molecule has 4 amide bonds. The molecule has 0 unspecified atom stereocenters. The summed E-state index contributed by atoms with van der Waals surface area (Å²) in [7, 11) is 1.54. The summed E-state index contributed by atoms with van der Waals surface area (Å²) in [6.45, 7) is 2.31. The summed E-state index contributed by atoms with van der Waals surface area (Å²) in [6.07, 6.45) is 1.22. The maximum Gasteiger partial charge on any atom is 1.00 e. The summed E-state index contributed by atoms with van der Waals surface area (Å²) in [6, 6.07) is 6.64. The van der Waals surface area contributed by atoms with E-state index in [1.165, 1.54) is 7.05 Å². The van der Waals surface area contributed by atoms with Crippen LogP contribution in [0.2, 0.25) is 0 Å². The SMILES string of the molecule is CCCNC(=O)COCC(=O)[N-]c1ccc(CC(=O)NCCC(=O)NC)cc1.[Rb+]. The van der Waals surface area contributed by atoms with Crippen molar-refractivity contribution < 1.29 is 82.1 Å². The normalized spacial score (nSPS) is 9.72. The van der Waals surface area contributed by atoms with Crippen molar-refractivity contribution >= 4 is 29.3 Å². The van der Waals surface area contributed by atoms with Gasteiger partial charge in [-0.1, -0.05) is 31.2 Å². The van der Waals surface area contributed by atoms with Crippen LogP contribution in [0, 0.1) is 0 Å². The topological polar surface area (TPSA) is 128 Å². The number of hydrogen-bond donors (Lipinski definition) is 3. The van der Waals surface area contributed by atoms with Gasteiger partial charge in [0.1, 0.15) is 6.61 Å². The predicted molar refractivity (Wildman–Crippen MR) is 104 cm³/mol. The molecule has 0 aliphatic carbocycles. The van der Waals surface area contributed by atoms with Crippen LogP contribution >= 0.6 is 0 Å². The number of carbonyl (C=O) groups excluding carboxylic acids is 4. The minimum atomic E-state index is -0.497. The Morgan fingerprint density at radius 3 is 2.21 bits per heavy atom. The summed E-state index contributed by atoms with van der Waals surface area (Å²) in [5.74, 6) is -1.10. The van der Waals surface area contributed by atoms with Gasteiger partial charge in [0.15, 0.2) is 0 Å². The maximum atomic E-state index is 11.8. The van der Waals surface area contributed by atoms with Crippen LogP contribution in [0.5, 0.6) is 0 Å². The van der Waals surface area contributed by atoms with Crippen molar-refractivity contribution in [1.82, 2.24) is 16.0 Å². The monoisotopic (exact) mass is 476 g/mol. The van der Waals surface area contributed by atoms with Crippen LogP contribution in [-0.2, 0) is 30.3 Å². The minimum absolute atomic E-state index is 0. The first-order valence-electron chi connectivity index (χ1n) is 9.09. The van der Waals surface area contributed by atoms with Crippen LogP contribution < -0.4 is 74.1 Å². The average Bonchev–Trinajstić information content (AvgIpc) is 2.67. The van der Waals surface area contributed by atoms with E-state index < -0.39 is 5.91 Å². The standard InChI is InChI=1S/C19H28N4O5.Rb/c1-3-9-21-18(26)12-28-13-19(27)23-15-6-4-14(5-7-15)11-17(25)22-10-8-16(24)20-2;/h4-7H,3,8-13H2,1-2H3,(H4,20,21,22,23,24,25,26,27);/q;+1/p-1. The molecule has 0 spiro atoms. The van der Waals surface area contributed by atoms with Gasteiger partial charge in [-0.15, -0.1) is 5.69 Å². The van der Waals surface area contributed by atoms with Gasteiger partial charge in [-0.2, -0.15) is 0 Å². The number of amides is 4. The minimum Gasteiger partial charge on any atom is -0.625 e. The largest absolute Gasteiger partial charge is 1.00 e. The fourth-order valence-electron chi connectivity index (χ4n) is 2.10.